The fraction of sp³-hybridized carbons (Fsp3) is 0.625. The first-order valence-electron chi connectivity index (χ1n) is 3.88. The van der Waals surface area contributed by atoms with Crippen molar-refractivity contribution in [1.82, 2.24) is 4.90 Å². The van der Waals surface area contributed by atoms with Gasteiger partial charge in [0.05, 0.1) is 25.8 Å². The summed E-state index contributed by atoms with van der Waals surface area (Å²) < 4.78 is 4.47. The summed E-state index contributed by atoms with van der Waals surface area (Å²) in [5.41, 5.74) is 0. The highest BCUT2D eigenvalue weighted by molar-refractivity contribution is 5.91. The molecule has 1 heterocycles. The van der Waals surface area contributed by atoms with Gasteiger partial charge in [-0.15, -0.1) is 0 Å². The Hall–Kier alpha value is -1.57. The van der Waals surface area contributed by atoms with Gasteiger partial charge < -0.3 is 4.74 Å². The zero-order valence-corrected chi connectivity index (χ0v) is 7.48. The predicted octanol–water partition coefficient (Wildman–Crippen LogP) is 0.166. The SMILES string of the molecule is COC(=O)N1CC(=O)C(C#N)C1C. The Morgan fingerprint density at radius 3 is 2.77 bits per heavy atom. The number of amides is 1. The molecule has 0 spiro atoms. The highest BCUT2D eigenvalue weighted by atomic mass is 16.5. The second-order valence-corrected chi connectivity index (χ2v) is 2.91. The van der Waals surface area contributed by atoms with Gasteiger partial charge in [-0.3, -0.25) is 9.69 Å². The second-order valence-electron chi connectivity index (χ2n) is 2.91. The lowest BCUT2D eigenvalue weighted by Crippen LogP contribution is -2.35. The minimum atomic E-state index is -0.709. The maximum Gasteiger partial charge on any atom is 0.410 e. The Morgan fingerprint density at radius 1 is 1.77 bits per heavy atom. The molecule has 0 aromatic heterocycles. The summed E-state index contributed by atoms with van der Waals surface area (Å²) in [6, 6.07) is 1.49. The van der Waals surface area contributed by atoms with E-state index in [2.05, 4.69) is 4.74 Å². The number of carbonyl (C=O) groups is 2. The van der Waals surface area contributed by atoms with Gasteiger partial charge in [0.2, 0.25) is 0 Å². The summed E-state index contributed by atoms with van der Waals surface area (Å²) in [6.45, 7) is 1.64. The van der Waals surface area contributed by atoms with Crippen LogP contribution in [0.4, 0.5) is 4.79 Å². The van der Waals surface area contributed by atoms with Crippen molar-refractivity contribution < 1.29 is 14.3 Å². The third-order valence-corrected chi connectivity index (χ3v) is 2.20. The molecule has 0 radical (unpaired) electrons. The molecule has 13 heavy (non-hydrogen) atoms. The number of hydrogen-bond donors (Lipinski definition) is 0. The summed E-state index contributed by atoms with van der Waals surface area (Å²) in [7, 11) is 1.25. The topological polar surface area (TPSA) is 70.4 Å². The molecule has 1 aliphatic rings. The predicted molar refractivity (Wildman–Crippen MR) is 42.7 cm³/mol. The largest absolute Gasteiger partial charge is 0.453 e. The van der Waals surface area contributed by atoms with Crippen molar-refractivity contribution in [3.05, 3.63) is 0 Å². The molecule has 1 aliphatic heterocycles. The van der Waals surface area contributed by atoms with E-state index in [-0.39, 0.29) is 18.4 Å². The van der Waals surface area contributed by atoms with Crippen LogP contribution in [-0.4, -0.2) is 36.5 Å². The highest BCUT2D eigenvalue weighted by Crippen LogP contribution is 2.20. The average molecular weight is 182 g/mol. The number of nitrogens with zero attached hydrogens (tertiary/aromatic N) is 2. The lowest BCUT2D eigenvalue weighted by atomic mass is 10.0. The first-order valence-corrected chi connectivity index (χ1v) is 3.88. The number of likely N-dealkylation sites (tertiary alicyclic amines) is 1. The zero-order valence-electron chi connectivity index (χ0n) is 7.48. The normalized spacial score (nSPS) is 27.2. The van der Waals surface area contributed by atoms with Crippen LogP contribution >= 0.6 is 0 Å². The van der Waals surface area contributed by atoms with Gasteiger partial charge in [-0.2, -0.15) is 5.26 Å². The molecule has 0 N–H and O–H groups in total. The van der Waals surface area contributed by atoms with E-state index in [9.17, 15) is 9.59 Å². The van der Waals surface area contributed by atoms with Crippen molar-refractivity contribution in [2.24, 2.45) is 5.92 Å². The number of carbonyl (C=O) groups excluding carboxylic acids is 2. The van der Waals surface area contributed by atoms with Gasteiger partial charge in [-0.1, -0.05) is 0 Å². The van der Waals surface area contributed by atoms with Crippen LogP contribution in [0.1, 0.15) is 6.92 Å². The van der Waals surface area contributed by atoms with Crippen LogP contribution in [0.2, 0.25) is 0 Å². The van der Waals surface area contributed by atoms with Crippen molar-refractivity contribution in [2.45, 2.75) is 13.0 Å². The number of hydrogen-bond acceptors (Lipinski definition) is 4. The number of ether oxygens (including phenoxy) is 1. The molecule has 1 fully saturated rings. The van der Waals surface area contributed by atoms with Crippen LogP contribution in [0.3, 0.4) is 0 Å². The number of Topliss-reactive ketones (excluding diaryl/α,β-unsaturated/α-hetero) is 1. The molecule has 5 heteroatoms. The molecule has 70 valence electrons. The van der Waals surface area contributed by atoms with Crippen molar-refractivity contribution in [1.29, 1.82) is 5.26 Å². The number of rotatable bonds is 0. The molecule has 0 bridgehead atoms. The van der Waals surface area contributed by atoms with Gasteiger partial charge in [0.1, 0.15) is 5.92 Å². The van der Waals surface area contributed by atoms with Gasteiger partial charge in [-0.05, 0) is 6.92 Å². The van der Waals surface area contributed by atoms with Crippen molar-refractivity contribution in [3.63, 3.8) is 0 Å². The lowest BCUT2D eigenvalue weighted by molar-refractivity contribution is -0.118. The molecule has 0 aromatic carbocycles. The van der Waals surface area contributed by atoms with Crippen LogP contribution in [-0.2, 0) is 9.53 Å². The van der Waals surface area contributed by atoms with Crippen LogP contribution in [0.15, 0.2) is 0 Å². The summed E-state index contributed by atoms with van der Waals surface area (Å²) in [5, 5.41) is 8.63. The molecule has 1 saturated heterocycles. The van der Waals surface area contributed by atoms with Crippen LogP contribution in [0, 0.1) is 17.2 Å². The van der Waals surface area contributed by atoms with Gasteiger partial charge in [0.15, 0.2) is 5.78 Å². The maximum absolute atomic E-state index is 11.2. The van der Waals surface area contributed by atoms with Crippen LogP contribution in [0.5, 0.6) is 0 Å². The Bertz CT molecular complexity index is 282. The zero-order chi connectivity index (χ0) is 10.0. The minimum absolute atomic E-state index is 0.0218. The van der Waals surface area contributed by atoms with E-state index in [1.807, 2.05) is 6.07 Å². The van der Waals surface area contributed by atoms with E-state index in [1.165, 1.54) is 12.0 Å². The quantitative estimate of drug-likeness (QED) is 0.535. The minimum Gasteiger partial charge on any atom is -0.453 e. The molecular weight excluding hydrogens is 172 g/mol. The van der Waals surface area contributed by atoms with E-state index in [0.717, 1.165) is 0 Å². The van der Waals surface area contributed by atoms with Crippen molar-refractivity contribution in [2.75, 3.05) is 13.7 Å². The number of nitriles is 1. The Labute approximate surface area is 75.9 Å². The molecule has 5 nitrogen and oxygen atoms in total. The molecule has 0 aliphatic carbocycles. The molecule has 1 rings (SSSR count). The number of methoxy groups -OCH3 is 1. The summed E-state index contributed by atoms with van der Waals surface area (Å²) in [5.74, 6) is -0.931. The molecular formula is C8H10N2O3. The molecule has 0 saturated carbocycles. The van der Waals surface area contributed by atoms with Crippen molar-refractivity contribution >= 4 is 11.9 Å². The maximum atomic E-state index is 11.2. The average Bonchev–Trinajstić information content (AvgIpc) is 2.40. The van der Waals surface area contributed by atoms with Gasteiger partial charge >= 0.3 is 6.09 Å². The van der Waals surface area contributed by atoms with E-state index in [4.69, 9.17) is 5.26 Å². The Morgan fingerprint density at radius 2 is 2.38 bits per heavy atom. The first-order chi connectivity index (χ1) is 6.11. The summed E-state index contributed by atoms with van der Waals surface area (Å²) in [4.78, 5) is 23.5. The Kier molecular flexibility index (Phi) is 2.52. The Balaban J connectivity index is 2.80. The summed E-state index contributed by atoms with van der Waals surface area (Å²) >= 11 is 0. The molecule has 2 unspecified atom stereocenters. The van der Waals surface area contributed by atoms with E-state index in [1.54, 1.807) is 6.92 Å². The van der Waals surface area contributed by atoms with E-state index >= 15 is 0 Å². The standard InChI is InChI=1S/C8H10N2O3/c1-5-6(3-9)7(11)4-10(5)8(12)13-2/h5-6H,4H2,1-2H3. The highest BCUT2D eigenvalue weighted by Gasteiger charge is 2.41. The van der Waals surface area contributed by atoms with Crippen LogP contribution in [0.25, 0.3) is 0 Å². The van der Waals surface area contributed by atoms with E-state index in [0.29, 0.717) is 0 Å². The van der Waals surface area contributed by atoms with Gasteiger partial charge in [0, 0.05) is 0 Å². The van der Waals surface area contributed by atoms with Gasteiger partial charge in [0.25, 0.3) is 0 Å². The third-order valence-electron chi connectivity index (χ3n) is 2.20. The first kappa shape index (κ1) is 9.52. The van der Waals surface area contributed by atoms with Gasteiger partial charge in [-0.25, -0.2) is 4.79 Å². The van der Waals surface area contributed by atoms with Crippen LogP contribution < -0.4 is 0 Å². The van der Waals surface area contributed by atoms with Crippen molar-refractivity contribution in [3.8, 4) is 6.07 Å². The fourth-order valence-electron chi connectivity index (χ4n) is 1.39. The monoisotopic (exact) mass is 182 g/mol. The smallest absolute Gasteiger partial charge is 0.410 e. The summed E-state index contributed by atoms with van der Waals surface area (Å²) in [6.07, 6.45) is -0.557. The lowest BCUT2D eigenvalue weighted by Gasteiger charge is -2.19. The van der Waals surface area contributed by atoms with E-state index < -0.39 is 12.0 Å². The third kappa shape index (κ3) is 1.47. The molecule has 2 atom stereocenters. The second kappa shape index (κ2) is 3.44. The fourth-order valence-corrected chi connectivity index (χ4v) is 1.39. The molecule has 0 aromatic rings. The molecule has 1 amide bonds. The number of ketones is 1.